The van der Waals surface area contributed by atoms with Crippen molar-refractivity contribution < 1.29 is 4.79 Å². The van der Waals surface area contributed by atoms with Gasteiger partial charge >= 0.3 is 0 Å². The van der Waals surface area contributed by atoms with Gasteiger partial charge in [-0.1, -0.05) is 35.3 Å². The number of rotatable bonds is 5. The molecule has 0 atom stereocenters. The zero-order chi connectivity index (χ0) is 17.1. The van der Waals surface area contributed by atoms with Crippen molar-refractivity contribution in [2.75, 3.05) is 11.6 Å². The fourth-order valence-electron chi connectivity index (χ4n) is 2.47. The molecule has 124 valence electrons. The molecule has 4 nitrogen and oxygen atoms in total. The second-order valence-corrected chi connectivity index (χ2v) is 6.92. The Bertz CT molecular complexity index is 895. The maximum Gasteiger partial charge on any atom is 0.244 e. The summed E-state index contributed by atoms with van der Waals surface area (Å²) in [6.45, 7) is 0.176. The molecule has 0 aliphatic rings. The summed E-state index contributed by atoms with van der Waals surface area (Å²) < 4.78 is 1.94. The van der Waals surface area contributed by atoms with Gasteiger partial charge in [-0.05, 0) is 36.6 Å². The Labute approximate surface area is 154 Å². The largest absolute Gasteiger partial charge is 0.323 e. The predicted octanol–water partition coefficient (Wildman–Crippen LogP) is 4.84. The monoisotopic (exact) mass is 379 g/mol. The van der Waals surface area contributed by atoms with Gasteiger partial charge in [0.2, 0.25) is 5.91 Å². The molecule has 3 rings (SSSR count). The Hall–Kier alpha value is -1.69. The highest BCUT2D eigenvalue weighted by molar-refractivity contribution is 7.97. The number of fused-ring (bicyclic) bond motifs is 1. The van der Waals surface area contributed by atoms with Crippen molar-refractivity contribution in [1.82, 2.24) is 9.55 Å². The van der Waals surface area contributed by atoms with Crippen LogP contribution >= 0.6 is 35.0 Å². The SMILES string of the molecule is CSCc1nc2ccccc2n1CC(=O)Nc1ccc(Cl)cc1Cl. The minimum atomic E-state index is -0.162. The highest BCUT2D eigenvalue weighted by Gasteiger charge is 2.14. The summed E-state index contributed by atoms with van der Waals surface area (Å²) in [7, 11) is 0. The zero-order valence-electron chi connectivity index (χ0n) is 12.9. The Morgan fingerprint density at radius 1 is 1.25 bits per heavy atom. The fourth-order valence-corrected chi connectivity index (χ4v) is 3.40. The Morgan fingerprint density at radius 3 is 2.79 bits per heavy atom. The lowest BCUT2D eigenvalue weighted by molar-refractivity contribution is -0.116. The number of imidazole rings is 1. The summed E-state index contributed by atoms with van der Waals surface area (Å²) in [5.41, 5.74) is 2.37. The number of halogens is 2. The Kier molecular flexibility index (Phi) is 5.33. The van der Waals surface area contributed by atoms with Gasteiger partial charge in [0, 0.05) is 5.02 Å². The molecular weight excluding hydrogens is 365 g/mol. The number of carbonyl (C=O) groups is 1. The fraction of sp³-hybridized carbons (Fsp3) is 0.176. The molecule has 2 aromatic carbocycles. The third-order valence-corrected chi connectivity index (χ3v) is 4.61. The first-order valence-electron chi connectivity index (χ1n) is 7.26. The molecule has 0 radical (unpaired) electrons. The maximum absolute atomic E-state index is 12.5. The third kappa shape index (κ3) is 3.69. The van der Waals surface area contributed by atoms with Crippen LogP contribution in [-0.2, 0) is 17.1 Å². The maximum atomic E-state index is 12.5. The molecule has 24 heavy (non-hydrogen) atoms. The van der Waals surface area contributed by atoms with Crippen LogP contribution in [0.3, 0.4) is 0 Å². The van der Waals surface area contributed by atoms with E-state index in [2.05, 4.69) is 10.3 Å². The van der Waals surface area contributed by atoms with Crippen LogP contribution in [0.1, 0.15) is 5.82 Å². The van der Waals surface area contributed by atoms with Crippen molar-refractivity contribution in [3.63, 3.8) is 0 Å². The summed E-state index contributed by atoms with van der Waals surface area (Å²) >= 11 is 13.7. The van der Waals surface area contributed by atoms with Crippen LogP contribution < -0.4 is 5.32 Å². The van der Waals surface area contributed by atoms with Gasteiger partial charge in [0.15, 0.2) is 0 Å². The van der Waals surface area contributed by atoms with Crippen molar-refractivity contribution in [2.45, 2.75) is 12.3 Å². The van der Waals surface area contributed by atoms with Gasteiger partial charge in [0.05, 0.1) is 27.5 Å². The summed E-state index contributed by atoms with van der Waals surface area (Å²) in [5.74, 6) is 1.45. The van der Waals surface area contributed by atoms with E-state index in [1.807, 2.05) is 35.1 Å². The lowest BCUT2D eigenvalue weighted by Gasteiger charge is -2.11. The predicted molar refractivity (Wildman–Crippen MR) is 102 cm³/mol. The van der Waals surface area contributed by atoms with Gasteiger partial charge in [-0.25, -0.2) is 4.98 Å². The number of hydrogen-bond acceptors (Lipinski definition) is 3. The lowest BCUT2D eigenvalue weighted by Crippen LogP contribution is -2.20. The minimum Gasteiger partial charge on any atom is -0.323 e. The smallest absolute Gasteiger partial charge is 0.244 e. The number of amides is 1. The summed E-state index contributed by atoms with van der Waals surface area (Å²) in [6, 6.07) is 12.8. The van der Waals surface area contributed by atoms with E-state index in [4.69, 9.17) is 23.2 Å². The van der Waals surface area contributed by atoms with Crippen LogP contribution in [0.15, 0.2) is 42.5 Å². The van der Waals surface area contributed by atoms with E-state index >= 15 is 0 Å². The molecule has 0 bridgehead atoms. The van der Waals surface area contributed by atoms with Crippen molar-refractivity contribution >= 4 is 57.6 Å². The van der Waals surface area contributed by atoms with Crippen LogP contribution in [0.5, 0.6) is 0 Å². The number of nitrogens with zero attached hydrogens (tertiary/aromatic N) is 2. The number of anilines is 1. The first-order chi connectivity index (χ1) is 11.6. The highest BCUT2D eigenvalue weighted by atomic mass is 35.5. The first kappa shape index (κ1) is 17.1. The van der Waals surface area contributed by atoms with Crippen LogP contribution in [0.4, 0.5) is 5.69 Å². The molecule has 3 aromatic rings. The number of thioether (sulfide) groups is 1. The standard InChI is InChI=1S/C17H15Cl2N3OS/c1-24-10-16-20-14-4-2-3-5-15(14)22(16)9-17(23)21-13-7-6-11(18)8-12(13)19/h2-8H,9-10H2,1H3,(H,21,23). The Balaban J connectivity index is 1.85. The van der Waals surface area contributed by atoms with Gasteiger partial charge in [0.25, 0.3) is 0 Å². The quantitative estimate of drug-likeness (QED) is 0.689. The van der Waals surface area contributed by atoms with E-state index in [9.17, 15) is 4.79 Å². The normalized spacial score (nSPS) is 11.0. The number of aromatic nitrogens is 2. The van der Waals surface area contributed by atoms with Crippen LogP contribution in [0.2, 0.25) is 10.0 Å². The van der Waals surface area contributed by atoms with Gasteiger partial charge in [0.1, 0.15) is 12.4 Å². The third-order valence-electron chi connectivity index (χ3n) is 3.51. The summed E-state index contributed by atoms with van der Waals surface area (Å²) in [6.07, 6.45) is 2.01. The van der Waals surface area contributed by atoms with Crippen molar-refractivity contribution in [1.29, 1.82) is 0 Å². The molecule has 0 spiro atoms. The number of para-hydroxylation sites is 2. The van der Waals surface area contributed by atoms with E-state index in [-0.39, 0.29) is 12.5 Å². The number of benzene rings is 2. The Morgan fingerprint density at radius 2 is 2.04 bits per heavy atom. The molecule has 1 N–H and O–H groups in total. The average Bonchev–Trinajstić information content (AvgIpc) is 2.88. The molecule has 0 aliphatic carbocycles. The van der Waals surface area contributed by atoms with E-state index in [1.54, 1.807) is 30.0 Å². The molecule has 0 unspecified atom stereocenters. The molecule has 1 amide bonds. The minimum absolute atomic E-state index is 0.162. The number of nitrogens with one attached hydrogen (secondary N) is 1. The number of hydrogen-bond donors (Lipinski definition) is 1. The molecule has 1 aromatic heterocycles. The van der Waals surface area contributed by atoms with Crippen molar-refractivity contribution in [2.24, 2.45) is 0 Å². The van der Waals surface area contributed by atoms with Gasteiger partial charge in [-0.15, -0.1) is 0 Å². The topological polar surface area (TPSA) is 46.9 Å². The van der Waals surface area contributed by atoms with E-state index in [1.165, 1.54) is 0 Å². The first-order valence-corrected chi connectivity index (χ1v) is 9.41. The molecule has 7 heteroatoms. The molecule has 0 saturated carbocycles. The second-order valence-electron chi connectivity index (χ2n) is 5.21. The molecule has 1 heterocycles. The van der Waals surface area contributed by atoms with Gasteiger partial charge in [-0.2, -0.15) is 11.8 Å². The van der Waals surface area contributed by atoms with Crippen LogP contribution in [0.25, 0.3) is 11.0 Å². The van der Waals surface area contributed by atoms with Crippen molar-refractivity contribution in [3.8, 4) is 0 Å². The van der Waals surface area contributed by atoms with E-state index in [0.717, 1.165) is 22.6 Å². The van der Waals surface area contributed by atoms with E-state index < -0.39 is 0 Å². The molecular formula is C17H15Cl2N3OS. The van der Waals surface area contributed by atoms with Gasteiger partial charge < -0.3 is 9.88 Å². The summed E-state index contributed by atoms with van der Waals surface area (Å²) in [4.78, 5) is 17.1. The van der Waals surface area contributed by atoms with Crippen LogP contribution in [0, 0.1) is 0 Å². The van der Waals surface area contributed by atoms with Crippen molar-refractivity contribution in [3.05, 3.63) is 58.3 Å². The van der Waals surface area contributed by atoms with E-state index in [0.29, 0.717) is 15.7 Å². The highest BCUT2D eigenvalue weighted by Crippen LogP contribution is 2.25. The second kappa shape index (κ2) is 7.47. The zero-order valence-corrected chi connectivity index (χ0v) is 15.3. The van der Waals surface area contributed by atoms with Gasteiger partial charge in [-0.3, -0.25) is 4.79 Å². The molecule has 0 aliphatic heterocycles. The molecule has 0 saturated heterocycles. The average molecular weight is 380 g/mol. The molecule has 0 fully saturated rings. The summed E-state index contributed by atoms with van der Waals surface area (Å²) in [5, 5.41) is 3.77. The number of carbonyl (C=O) groups excluding carboxylic acids is 1. The van der Waals surface area contributed by atoms with Crippen LogP contribution in [-0.4, -0.2) is 21.7 Å². The lowest BCUT2D eigenvalue weighted by atomic mass is 10.3.